The number of nitriles is 1. The lowest BCUT2D eigenvalue weighted by molar-refractivity contribution is 0.0460. The minimum Gasteiger partial charge on any atom is -0.496 e. The van der Waals surface area contributed by atoms with Gasteiger partial charge in [-0.05, 0) is 40.7 Å². The van der Waals surface area contributed by atoms with Crippen molar-refractivity contribution in [1.29, 1.82) is 5.26 Å². The molecule has 0 radical (unpaired) electrons. The van der Waals surface area contributed by atoms with Crippen LogP contribution >= 0.6 is 11.6 Å². The Bertz CT molecular complexity index is 1230. The van der Waals surface area contributed by atoms with Crippen molar-refractivity contribution in [3.05, 3.63) is 39.8 Å². The summed E-state index contributed by atoms with van der Waals surface area (Å²) in [5, 5.41) is 15.7. The molecule has 1 fully saturated rings. The zero-order valence-electron chi connectivity index (χ0n) is 19.3. The van der Waals surface area contributed by atoms with Gasteiger partial charge in [0, 0.05) is 35.7 Å². The van der Waals surface area contributed by atoms with Crippen molar-refractivity contribution < 1.29 is 4.74 Å². The fourth-order valence-corrected chi connectivity index (χ4v) is 4.75. The highest BCUT2D eigenvalue weighted by atomic mass is 35.5. The normalized spacial score (nSPS) is 16.1. The van der Waals surface area contributed by atoms with Gasteiger partial charge in [-0.25, -0.2) is 14.6 Å². The van der Waals surface area contributed by atoms with Crippen molar-refractivity contribution in [2.75, 3.05) is 25.9 Å². The highest BCUT2D eigenvalue weighted by Gasteiger charge is 2.39. The number of benzene rings is 1. The van der Waals surface area contributed by atoms with Crippen LogP contribution in [0, 0.1) is 18.3 Å². The van der Waals surface area contributed by atoms with Crippen molar-refractivity contribution in [2.24, 2.45) is 0 Å². The van der Waals surface area contributed by atoms with Crippen molar-refractivity contribution >= 4 is 28.5 Å². The highest BCUT2D eigenvalue weighted by Crippen LogP contribution is 2.45. The van der Waals surface area contributed by atoms with Crippen LogP contribution in [-0.4, -0.2) is 50.4 Å². The molecule has 3 aromatic rings. The number of ether oxygens (including phenoxy) is 1. The van der Waals surface area contributed by atoms with Gasteiger partial charge in [0.1, 0.15) is 24.0 Å². The van der Waals surface area contributed by atoms with Gasteiger partial charge in [0.25, 0.3) is 0 Å². The van der Waals surface area contributed by atoms with Crippen LogP contribution in [-0.2, 0) is 0 Å². The van der Waals surface area contributed by atoms with Crippen molar-refractivity contribution in [2.45, 2.75) is 52.1 Å². The molecule has 8 nitrogen and oxygen atoms in total. The molecule has 0 saturated carbocycles. The van der Waals surface area contributed by atoms with Crippen LogP contribution in [0.15, 0.2) is 12.4 Å². The molecule has 1 unspecified atom stereocenters. The van der Waals surface area contributed by atoms with Crippen molar-refractivity contribution in [3.8, 4) is 11.8 Å². The van der Waals surface area contributed by atoms with Crippen molar-refractivity contribution in [1.82, 2.24) is 24.6 Å². The first kappa shape index (κ1) is 22.3. The van der Waals surface area contributed by atoms with E-state index in [-0.39, 0.29) is 17.5 Å². The van der Waals surface area contributed by atoms with Crippen molar-refractivity contribution in [3.63, 3.8) is 0 Å². The van der Waals surface area contributed by atoms with Crippen LogP contribution < -0.4 is 10.5 Å². The maximum atomic E-state index is 9.88. The molecule has 0 amide bonds. The molecular weight excluding hydrogens is 426 g/mol. The third kappa shape index (κ3) is 3.46. The van der Waals surface area contributed by atoms with Gasteiger partial charge < -0.3 is 10.5 Å². The van der Waals surface area contributed by atoms with Crippen LogP contribution in [0.25, 0.3) is 11.0 Å². The molecule has 0 aliphatic carbocycles. The Kier molecular flexibility index (Phi) is 5.51. The number of nitrogens with zero attached hydrogens (tertiary/aromatic N) is 6. The smallest absolute Gasteiger partial charge is 0.164 e. The topological polar surface area (TPSA) is 106 Å². The van der Waals surface area contributed by atoms with Crippen LogP contribution in [0.4, 0.5) is 5.82 Å². The van der Waals surface area contributed by atoms with Gasteiger partial charge in [-0.1, -0.05) is 11.6 Å². The molecule has 1 atom stereocenters. The summed E-state index contributed by atoms with van der Waals surface area (Å²) in [5.41, 5.74) is 9.74. The highest BCUT2D eigenvalue weighted by molar-refractivity contribution is 6.32. The second kappa shape index (κ2) is 7.91. The van der Waals surface area contributed by atoms with E-state index in [2.05, 4.69) is 46.8 Å². The molecule has 2 N–H and O–H groups in total. The summed E-state index contributed by atoms with van der Waals surface area (Å²) >= 11 is 6.63. The second-order valence-corrected chi connectivity index (χ2v) is 9.72. The molecular formula is C23H28ClN7O. The summed E-state index contributed by atoms with van der Waals surface area (Å²) < 4.78 is 7.72. The lowest BCUT2D eigenvalue weighted by Crippen LogP contribution is -2.54. The minimum absolute atomic E-state index is 0.0659. The van der Waals surface area contributed by atoms with Gasteiger partial charge in [0.2, 0.25) is 0 Å². The van der Waals surface area contributed by atoms with Crippen LogP contribution in [0.2, 0.25) is 5.02 Å². The molecule has 1 aromatic carbocycles. The third-order valence-corrected chi connectivity index (χ3v) is 6.66. The average molecular weight is 454 g/mol. The number of nitrogen functional groups attached to an aromatic ring is 1. The third-order valence-electron chi connectivity index (χ3n) is 6.36. The Morgan fingerprint density at radius 2 is 2.00 bits per heavy atom. The van der Waals surface area contributed by atoms with E-state index in [4.69, 9.17) is 22.1 Å². The molecule has 0 spiro atoms. The summed E-state index contributed by atoms with van der Waals surface area (Å²) in [4.78, 5) is 10.9. The molecule has 1 saturated heterocycles. The number of likely N-dealkylation sites (tertiary alicyclic amines) is 1. The molecule has 1 aliphatic heterocycles. The number of halogens is 1. The zero-order chi connectivity index (χ0) is 23.4. The van der Waals surface area contributed by atoms with Gasteiger partial charge in [0.05, 0.1) is 34.8 Å². The molecule has 1 aliphatic rings. The van der Waals surface area contributed by atoms with E-state index in [1.165, 1.54) is 6.33 Å². The minimum atomic E-state index is -0.252. The molecule has 0 bridgehead atoms. The predicted molar refractivity (Wildman–Crippen MR) is 125 cm³/mol. The van der Waals surface area contributed by atoms with Gasteiger partial charge >= 0.3 is 0 Å². The molecule has 4 rings (SSSR count). The summed E-state index contributed by atoms with van der Waals surface area (Å²) in [7, 11) is 1.64. The first-order valence-electron chi connectivity index (χ1n) is 10.6. The van der Waals surface area contributed by atoms with Gasteiger partial charge in [-0.3, -0.25) is 4.90 Å². The quantitative estimate of drug-likeness (QED) is 0.634. The lowest BCUT2D eigenvalue weighted by atomic mass is 9.82. The number of aryl methyl sites for hydroxylation is 1. The van der Waals surface area contributed by atoms with Gasteiger partial charge in [0.15, 0.2) is 5.65 Å². The van der Waals surface area contributed by atoms with E-state index in [1.54, 1.807) is 13.2 Å². The SMILES string of the molecule is COc1c(C(C)n2nc(C)c3c(N)ncnc32)cc(Cl)c(C#N)c1C1CN(C(C)(C)C)C1. The predicted octanol–water partition coefficient (Wildman–Crippen LogP) is 4.06. The summed E-state index contributed by atoms with van der Waals surface area (Å²) in [6, 6.07) is 3.85. The van der Waals surface area contributed by atoms with Crippen LogP contribution in [0.3, 0.4) is 0 Å². The Labute approximate surface area is 192 Å². The molecule has 2 aromatic heterocycles. The van der Waals surface area contributed by atoms with Gasteiger partial charge in [-0.15, -0.1) is 0 Å². The first-order chi connectivity index (χ1) is 15.1. The van der Waals surface area contributed by atoms with Gasteiger partial charge in [-0.2, -0.15) is 10.4 Å². The van der Waals surface area contributed by atoms with Crippen LogP contribution in [0.1, 0.15) is 62.0 Å². The van der Waals surface area contributed by atoms with E-state index in [1.807, 2.05) is 18.5 Å². The summed E-state index contributed by atoms with van der Waals surface area (Å²) in [5.74, 6) is 1.24. The van der Waals surface area contributed by atoms with E-state index >= 15 is 0 Å². The number of hydrogen-bond acceptors (Lipinski definition) is 7. The zero-order valence-corrected chi connectivity index (χ0v) is 20.0. The monoisotopic (exact) mass is 453 g/mol. The number of fused-ring (bicyclic) bond motifs is 1. The molecule has 3 heterocycles. The molecule has 9 heteroatoms. The lowest BCUT2D eigenvalue weighted by Gasteiger charge is -2.48. The fourth-order valence-electron chi connectivity index (χ4n) is 4.49. The van der Waals surface area contributed by atoms with E-state index in [9.17, 15) is 5.26 Å². The van der Waals surface area contributed by atoms with Crippen LogP contribution in [0.5, 0.6) is 5.75 Å². The Morgan fingerprint density at radius 3 is 2.59 bits per heavy atom. The maximum Gasteiger partial charge on any atom is 0.164 e. The van der Waals surface area contributed by atoms with E-state index in [0.29, 0.717) is 27.8 Å². The fraction of sp³-hybridized carbons (Fsp3) is 0.478. The largest absolute Gasteiger partial charge is 0.496 e. The number of nitrogens with two attached hydrogens (primary N) is 1. The van der Waals surface area contributed by atoms with E-state index < -0.39 is 0 Å². The average Bonchev–Trinajstić information content (AvgIpc) is 3.03. The Morgan fingerprint density at radius 1 is 1.31 bits per heavy atom. The standard InChI is InChI=1S/C23H28ClN7O/c1-12-18-21(26)27-11-28-22(18)31(29-12)13(2)15-7-17(24)16(8-25)19(20(15)32-6)14-9-30(10-14)23(3,4)5/h7,11,13-14H,9-10H2,1-6H3,(H2,26,27,28). The Balaban J connectivity index is 1.85. The van der Waals surface area contributed by atoms with E-state index in [0.717, 1.165) is 35.3 Å². The maximum absolute atomic E-state index is 9.88. The second-order valence-electron chi connectivity index (χ2n) is 9.32. The number of methoxy groups -OCH3 is 1. The number of hydrogen-bond donors (Lipinski definition) is 1. The first-order valence-corrected chi connectivity index (χ1v) is 11.0. The summed E-state index contributed by atoms with van der Waals surface area (Å²) in [6.45, 7) is 12.2. The summed E-state index contributed by atoms with van der Waals surface area (Å²) in [6.07, 6.45) is 1.44. The number of aromatic nitrogens is 4. The number of rotatable bonds is 4. The molecule has 168 valence electrons. The Hall–Kier alpha value is -2.89. The molecule has 32 heavy (non-hydrogen) atoms. The number of anilines is 1.